The van der Waals surface area contributed by atoms with E-state index in [1.54, 1.807) is 7.05 Å². The first-order valence-corrected chi connectivity index (χ1v) is 8.60. The summed E-state index contributed by atoms with van der Waals surface area (Å²) in [6, 6.07) is 2.77. The zero-order valence-electron chi connectivity index (χ0n) is 12.0. The molecular weight excluding hydrogens is 338 g/mol. The van der Waals surface area contributed by atoms with Gasteiger partial charge in [0, 0.05) is 47.0 Å². The fourth-order valence-corrected chi connectivity index (χ4v) is 3.98. The van der Waals surface area contributed by atoms with Gasteiger partial charge >= 0.3 is 0 Å². The number of carbonyl (C=O) groups is 1. The third-order valence-electron chi connectivity index (χ3n) is 3.71. The Labute approximate surface area is 133 Å². The van der Waals surface area contributed by atoms with Crippen molar-refractivity contribution in [2.45, 2.75) is 32.4 Å². The number of halogens is 1. The highest BCUT2D eigenvalue weighted by atomic mass is 79.9. The summed E-state index contributed by atoms with van der Waals surface area (Å²) < 4.78 is 1.21. The molecule has 0 atom stereocenters. The molecule has 1 saturated heterocycles. The number of aryl methyl sites for hydroxylation is 1. The molecule has 0 aromatic carbocycles. The van der Waals surface area contributed by atoms with Crippen LogP contribution >= 0.6 is 27.3 Å². The Balaban J connectivity index is 1.70. The van der Waals surface area contributed by atoms with Gasteiger partial charge in [0.15, 0.2) is 0 Å². The SMILES string of the molecule is CNC(=O)CN1CCC(NCc2cc(Br)c(C)s2)CC1. The minimum absolute atomic E-state index is 0.107. The summed E-state index contributed by atoms with van der Waals surface area (Å²) in [7, 11) is 1.69. The Bertz CT molecular complexity index is 436. The summed E-state index contributed by atoms with van der Waals surface area (Å²) in [4.78, 5) is 16.3. The van der Waals surface area contributed by atoms with Gasteiger partial charge in [-0.1, -0.05) is 0 Å². The first kappa shape index (κ1) is 15.9. The third-order valence-corrected chi connectivity index (χ3v) is 5.84. The second kappa shape index (κ2) is 7.54. The molecule has 0 radical (unpaired) electrons. The Kier molecular flexibility index (Phi) is 6.01. The van der Waals surface area contributed by atoms with E-state index in [2.05, 4.69) is 44.5 Å². The topological polar surface area (TPSA) is 44.4 Å². The molecule has 2 rings (SSSR count). The van der Waals surface area contributed by atoms with Crippen LogP contribution in [0.25, 0.3) is 0 Å². The lowest BCUT2D eigenvalue weighted by molar-refractivity contribution is -0.122. The smallest absolute Gasteiger partial charge is 0.233 e. The van der Waals surface area contributed by atoms with Crippen molar-refractivity contribution in [2.75, 3.05) is 26.7 Å². The van der Waals surface area contributed by atoms with Crippen LogP contribution in [0.15, 0.2) is 10.5 Å². The van der Waals surface area contributed by atoms with E-state index in [0.29, 0.717) is 12.6 Å². The Morgan fingerprint density at radius 1 is 1.50 bits per heavy atom. The van der Waals surface area contributed by atoms with Gasteiger partial charge in [0.25, 0.3) is 0 Å². The minimum Gasteiger partial charge on any atom is -0.358 e. The number of thiophene rings is 1. The second-order valence-corrected chi connectivity index (χ2v) is 7.42. The number of carbonyl (C=O) groups excluding carboxylic acids is 1. The maximum atomic E-state index is 11.3. The average Bonchev–Trinajstić information content (AvgIpc) is 2.77. The average molecular weight is 360 g/mol. The molecule has 20 heavy (non-hydrogen) atoms. The molecule has 112 valence electrons. The zero-order chi connectivity index (χ0) is 14.5. The fourth-order valence-electron chi connectivity index (χ4n) is 2.43. The first-order chi connectivity index (χ1) is 9.58. The summed E-state index contributed by atoms with van der Waals surface area (Å²) in [6.07, 6.45) is 2.23. The molecule has 2 heterocycles. The van der Waals surface area contributed by atoms with E-state index < -0.39 is 0 Å². The maximum absolute atomic E-state index is 11.3. The van der Waals surface area contributed by atoms with Gasteiger partial charge in [0.2, 0.25) is 5.91 Å². The van der Waals surface area contributed by atoms with Crippen LogP contribution in [0.2, 0.25) is 0 Å². The highest BCUT2D eigenvalue weighted by molar-refractivity contribution is 9.10. The van der Waals surface area contributed by atoms with Crippen molar-refractivity contribution < 1.29 is 4.79 Å². The maximum Gasteiger partial charge on any atom is 0.233 e. The molecule has 0 unspecified atom stereocenters. The Morgan fingerprint density at radius 2 is 2.20 bits per heavy atom. The van der Waals surface area contributed by atoms with E-state index in [-0.39, 0.29) is 5.91 Å². The van der Waals surface area contributed by atoms with Crippen molar-refractivity contribution in [2.24, 2.45) is 0 Å². The number of amides is 1. The van der Waals surface area contributed by atoms with Gasteiger partial charge in [-0.25, -0.2) is 0 Å². The molecule has 1 aromatic rings. The Hall–Kier alpha value is -0.430. The van der Waals surface area contributed by atoms with Crippen LogP contribution in [0.4, 0.5) is 0 Å². The van der Waals surface area contributed by atoms with Crippen molar-refractivity contribution in [1.82, 2.24) is 15.5 Å². The van der Waals surface area contributed by atoms with Gasteiger partial charge in [0.1, 0.15) is 0 Å². The number of piperidine rings is 1. The number of hydrogen-bond acceptors (Lipinski definition) is 4. The molecule has 2 N–H and O–H groups in total. The van der Waals surface area contributed by atoms with Crippen LogP contribution in [0.1, 0.15) is 22.6 Å². The van der Waals surface area contributed by atoms with Crippen molar-refractivity contribution in [3.05, 3.63) is 20.3 Å². The molecule has 1 aliphatic rings. The van der Waals surface area contributed by atoms with Gasteiger partial charge in [0.05, 0.1) is 6.54 Å². The van der Waals surface area contributed by atoms with E-state index in [4.69, 9.17) is 0 Å². The zero-order valence-corrected chi connectivity index (χ0v) is 14.4. The van der Waals surface area contributed by atoms with Gasteiger partial charge < -0.3 is 10.6 Å². The minimum atomic E-state index is 0.107. The van der Waals surface area contributed by atoms with Crippen molar-refractivity contribution in [3.63, 3.8) is 0 Å². The monoisotopic (exact) mass is 359 g/mol. The molecule has 1 aromatic heterocycles. The van der Waals surface area contributed by atoms with Crippen molar-refractivity contribution >= 4 is 33.2 Å². The van der Waals surface area contributed by atoms with E-state index in [9.17, 15) is 4.79 Å². The highest BCUT2D eigenvalue weighted by Gasteiger charge is 2.20. The number of hydrogen-bond donors (Lipinski definition) is 2. The number of nitrogens with one attached hydrogen (secondary N) is 2. The predicted molar refractivity (Wildman–Crippen MR) is 87.1 cm³/mol. The molecule has 0 bridgehead atoms. The van der Waals surface area contributed by atoms with Crippen molar-refractivity contribution in [1.29, 1.82) is 0 Å². The number of rotatable bonds is 5. The largest absolute Gasteiger partial charge is 0.358 e. The number of likely N-dealkylation sites (N-methyl/N-ethyl adjacent to an activating group) is 1. The molecule has 1 aliphatic heterocycles. The summed E-state index contributed by atoms with van der Waals surface area (Å²) in [6.45, 7) is 5.60. The van der Waals surface area contributed by atoms with E-state index in [0.717, 1.165) is 32.5 Å². The standard InChI is InChI=1S/C14H22BrN3OS/c1-10-13(15)7-12(20-10)8-17-11-3-5-18(6-4-11)9-14(19)16-2/h7,11,17H,3-6,8-9H2,1-2H3,(H,16,19). The summed E-state index contributed by atoms with van der Waals surface area (Å²) in [5.74, 6) is 0.107. The molecule has 0 spiro atoms. The highest BCUT2D eigenvalue weighted by Crippen LogP contribution is 2.26. The van der Waals surface area contributed by atoms with Crippen LogP contribution in [-0.4, -0.2) is 43.5 Å². The fraction of sp³-hybridized carbons (Fsp3) is 0.643. The quantitative estimate of drug-likeness (QED) is 0.846. The van der Waals surface area contributed by atoms with Crippen molar-refractivity contribution in [3.8, 4) is 0 Å². The third kappa shape index (κ3) is 4.55. The second-order valence-electron chi connectivity index (χ2n) is 5.22. The normalized spacial score (nSPS) is 17.4. The van der Waals surface area contributed by atoms with Crippen LogP contribution < -0.4 is 10.6 Å². The molecular formula is C14H22BrN3OS. The van der Waals surface area contributed by atoms with Crippen LogP contribution in [0.3, 0.4) is 0 Å². The number of likely N-dealkylation sites (tertiary alicyclic amines) is 1. The summed E-state index contributed by atoms with van der Waals surface area (Å²) in [5.41, 5.74) is 0. The van der Waals surface area contributed by atoms with Gasteiger partial charge in [-0.3, -0.25) is 9.69 Å². The molecule has 1 fully saturated rings. The lowest BCUT2D eigenvalue weighted by Gasteiger charge is -2.31. The van der Waals surface area contributed by atoms with Crippen LogP contribution in [0.5, 0.6) is 0 Å². The summed E-state index contributed by atoms with van der Waals surface area (Å²) in [5, 5.41) is 6.31. The van der Waals surface area contributed by atoms with E-state index in [1.165, 1.54) is 14.2 Å². The van der Waals surface area contributed by atoms with E-state index >= 15 is 0 Å². The van der Waals surface area contributed by atoms with E-state index in [1.807, 2.05) is 11.3 Å². The van der Waals surface area contributed by atoms with Crippen LogP contribution in [0, 0.1) is 6.92 Å². The molecule has 6 heteroatoms. The lowest BCUT2D eigenvalue weighted by Crippen LogP contribution is -2.45. The van der Waals surface area contributed by atoms with Crippen LogP contribution in [-0.2, 0) is 11.3 Å². The molecule has 0 aliphatic carbocycles. The van der Waals surface area contributed by atoms with Gasteiger partial charge in [-0.15, -0.1) is 11.3 Å². The lowest BCUT2D eigenvalue weighted by atomic mass is 10.1. The number of nitrogens with zero attached hydrogens (tertiary/aromatic N) is 1. The molecule has 0 saturated carbocycles. The molecule has 1 amide bonds. The first-order valence-electron chi connectivity index (χ1n) is 6.99. The Morgan fingerprint density at radius 3 is 2.75 bits per heavy atom. The van der Waals surface area contributed by atoms with Gasteiger partial charge in [-0.05, 0) is 41.8 Å². The summed E-state index contributed by atoms with van der Waals surface area (Å²) >= 11 is 5.40. The predicted octanol–water partition coefficient (Wildman–Crippen LogP) is 2.12. The van der Waals surface area contributed by atoms with Gasteiger partial charge in [-0.2, -0.15) is 0 Å². The molecule has 4 nitrogen and oxygen atoms in total.